The van der Waals surface area contributed by atoms with Crippen molar-refractivity contribution in [1.29, 1.82) is 0 Å². The fourth-order valence-corrected chi connectivity index (χ4v) is 3.41. The van der Waals surface area contributed by atoms with Crippen molar-refractivity contribution >= 4 is 17.8 Å². The third-order valence-electron chi connectivity index (χ3n) is 5.44. The third-order valence-corrected chi connectivity index (χ3v) is 5.44. The van der Waals surface area contributed by atoms with Crippen molar-refractivity contribution in [2.45, 2.75) is 38.8 Å². The molecule has 1 aromatic heterocycles. The smallest absolute Gasteiger partial charge is 0.159 e. The van der Waals surface area contributed by atoms with Crippen molar-refractivity contribution in [2.75, 3.05) is 32.1 Å². The van der Waals surface area contributed by atoms with Crippen LogP contribution in [-0.2, 0) is 6.42 Å². The highest BCUT2D eigenvalue weighted by Gasteiger charge is 2.10. The molecule has 3 rings (SSSR count). The van der Waals surface area contributed by atoms with E-state index in [1.807, 2.05) is 63.5 Å². The molecule has 6 nitrogen and oxygen atoms in total. The lowest BCUT2D eigenvalue weighted by molar-refractivity contribution is 0.104. The number of aliphatic hydroxyl groups is 1. The zero-order valence-electron chi connectivity index (χ0n) is 20.0. The van der Waals surface area contributed by atoms with Crippen LogP contribution in [0.25, 0.3) is 12.2 Å². The summed E-state index contributed by atoms with van der Waals surface area (Å²) in [6.07, 6.45) is 5.19. The number of aromatic nitrogens is 1. The Labute approximate surface area is 196 Å². The Morgan fingerprint density at radius 3 is 2.58 bits per heavy atom. The molecule has 0 amide bonds. The van der Waals surface area contributed by atoms with Crippen LogP contribution in [0.3, 0.4) is 0 Å². The van der Waals surface area contributed by atoms with Crippen LogP contribution in [0, 0.1) is 6.92 Å². The summed E-state index contributed by atoms with van der Waals surface area (Å²) in [5.74, 6) is 1.41. The van der Waals surface area contributed by atoms with Gasteiger partial charge in [-0.2, -0.15) is 0 Å². The molecule has 2 unspecified atom stereocenters. The molecule has 6 heteroatoms. The molecule has 2 atom stereocenters. The first kappa shape index (κ1) is 24.6. The molecular formula is C27H35N3O3. The molecule has 0 aliphatic rings. The standard InChI is InChI=1S/C27H35N3O3/c1-20(9-10-22-11-14-24(15-12-22)30(3)4)28-18-25(31)19-32-27-8-6-5-7-23(27)13-16-26-17-21(2)29-33-26/h5-8,11-17,20,25,28,31H,9-10,18-19H2,1-4H3. The minimum absolute atomic E-state index is 0.220. The van der Waals surface area contributed by atoms with E-state index in [4.69, 9.17) is 9.26 Å². The van der Waals surface area contributed by atoms with E-state index in [0.29, 0.717) is 18.3 Å². The number of anilines is 1. The first-order valence-corrected chi connectivity index (χ1v) is 11.4. The van der Waals surface area contributed by atoms with Gasteiger partial charge in [0.25, 0.3) is 0 Å². The number of aliphatic hydroxyl groups excluding tert-OH is 1. The van der Waals surface area contributed by atoms with Crippen LogP contribution in [0.4, 0.5) is 5.69 Å². The minimum atomic E-state index is -0.596. The number of nitrogens with zero attached hydrogens (tertiary/aromatic N) is 2. The van der Waals surface area contributed by atoms with Gasteiger partial charge in [-0.1, -0.05) is 35.5 Å². The fourth-order valence-electron chi connectivity index (χ4n) is 3.41. The van der Waals surface area contributed by atoms with Crippen LogP contribution in [-0.4, -0.2) is 49.7 Å². The monoisotopic (exact) mass is 449 g/mol. The molecule has 0 aliphatic carbocycles. The first-order chi connectivity index (χ1) is 15.9. The van der Waals surface area contributed by atoms with Crippen molar-refractivity contribution in [3.63, 3.8) is 0 Å². The molecule has 176 valence electrons. The maximum atomic E-state index is 10.4. The van der Waals surface area contributed by atoms with Gasteiger partial charge in [-0.15, -0.1) is 0 Å². The lowest BCUT2D eigenvalue weighted by Crippen LogP contribution is -2.36. The van der Waals surface area contributed by atoms with Gasteiger partial charge in [0, 0.05) is 44.0 Å². The third kappa shape index (κ3) is 8.08. The van der Waals surface area contributed by atoms with E-state index in [9.17, 15) is 5.11 Å². The average Bonchev–Trinajstić information content (AvgIpc) is 3.24. The Kier molecular flexibility index (Phi) is 9.10. The predicted octanol–water partition coefficient (Wildman–Crippen LogP) is 4.57. The van der Waals surface area contributed by atoms with Crippen LogP contribution in [0.15, 0.2) is 59.1 Å². The van der Waals surface area contributed by atoms with Crippen molar-refractivity contribution in [3.05, 3.63) is 77.2 Å². The average molecular weight is 450 g/mol. The van der Waals surface area contributed by atoms with E-state index in [1.165, 1.54) is 11.3 Å². The van der Waals surface area contributed by atoms with Gasteiger partial charge in [0.05, 0.1) is 5.69 Å². The summed E-state index contributed by atoms with van der Waals surface area (Å²) >= 11 is 0. The molecule has 0 saturated heterocycles. The molecule has 1 heterocycles. The quantitative estimate of drug-likeness (QED) is 0.422. The van der Waals surface area contributed by atoms with E-state index >= 15 is 0 Å². The van der Waals surface area contributed by atoms with Crippen molar-refractivity contribution in [1.82, 2.24) is 10.5 Å². The van der Waals surface area contributed by atoms with Crippen LogP contribution in [0.2, 0.25) is 0 Å². The summed E-state index contributed by atoms with van der Waals surface area (Å²) in [6, 6.07) is 18.6. The Morgan fingerprint density at radius 2 is 1.88 bits per heavy atom. The molecule has 2 aromatic carbocycles. The van der Waals surface area contributed by atoms with E-state index < -0.39 is 6.10 Å². The van der Waals surface area contributed by atoms with Crippen LogP contribution in [0.1, 0.15) is 35.9 Å². The molecule has 33 heavy (non-hydrogen) atoms. The second kappa shape index (κ2) is 12.2. The number of hydrogen-bond acceptors (Lipinski definition) is 6. The Balaban J connectivity index is 1.41. The highest BCUT2D eigenvalue weighted by atomic mass is 16.5. The first-order valence-electron chi connectivity index (χ1n) is 11.4. The summed E-state index contributed by atoms with van der Waals surface area (Å²) in [5, 5.41) is 17.7. The molecular weight excluding hydrogens is 414 g/mol. The lowest BCUT2D eigenvalue weighted by atomic mass is 10.1. The van der Waals surface area contributed by atoms with Crippen molar-refractivity contribution in [2.24, 2.45) is 0 Å². The molecule has 0 radical (unpaired) electrons. The number of hydrogen-bond donors (Lipinski definition) is 2. The van der Waals surface area contributed by atoms with E-state index in [-0.39, 0.29) is 6.61 Å². The number of ether oxygens (including phenoxy) is 1. The molecule has 0 saturated carbocycles. The van der Waals surface area contributed by atoms with E-state index in [2.05, 4.69) is 46.6 Å². The topological polar surface area (TPSA) is 70.8 Å². The van der Waals surface area contributed by atoms with Crippen molar-refractivity contribution in [3.8, 4) is 5.75 Å². The van der Waals surface area contributed by atoms with Gasteiger partial charge in [0.15, 0.2) is 5.76 Å². The molecule has 0 spiro atoms. The molecule has 2 N–H and O–H groups in total. The summed E-state index contributed by atoms with van der Waals surface area (Å²) in [4.78, 5) is 2.10. The van der Waals surface area contributed by atoms with Gasteiger partial charge in [0.1, 0.15) is 18.5 Å². The minimum Gasteiger partial charge on any atom is -0.490 e. The van der Waals surface area contributed by atoms with Gasteiger partial charge in [-0.05, 0) is 62.6 Å². The highest BCUT2D eigenvalue weighted by Crippen LogP contribution is 2.21. The Hall–Kier alpha value is -3.09. The zero-order valence-corrected chi connectivity index (χ0v) is 20.0. The molecule has 0 fully saturated rings. The summed E-state index contributed by atoms with van der Waals surface area (Å²) in [7, 11) is 4.09. The summed E-state index contributed by atoms with van der Waals surface area (Å²) in [5.41, 5.74) is 4.29. The van der Waals surface area contributed by atoms with Crippen LogP contribution < -0.4 is 15.0 Å². The second-order valence-electron chi connectivity index (χ2n) is 8.62. The van der Waals surface area contributed by atoms with Crippen molar-refractivity contribution < 1.29 is 14.4 Å². The number of rotatable bonds is 12. The fraction of sp³-hybridized carbons (Fsp3) is 0.370. The number of aryl methyl sites for hydroxylation is 2. The Bertz CT molecular complexity index is 1010. The molecule has 3 aromatic rings. The normalized spacial score (nSPS) is 13.2. The summed E-state index contributed by atoms with van der Waals surface area (Å²) in [6.45, 7) is 4.73. The Morgan fingerprint density at radius 1 is 1.12 bits per heavy atom. The highest BCUT2D eigenvalue weighted by molar-refractivity contribution is 5.70. The van der Waals surface area contributed by atoms with Gasteiger partial charge in [0.2, 0.25) is 0 Å². The zero-order chi connectivity index (χ0) is 23.6. The SMILES string of the molecule is Cc1cc(C=Cc2ccccc2OCC(O)CNC(C)CCc2ccc(N(C)C)cc2)on1. The van der Waals surface area contributed by atoms with Crippen LogP contribution >= 0.6 is 0 Å². The van der Waals surface area contributed by atoms with Gasteiger partial charge in [-0.3, -0.25) is 0 Å². The predicted molar refractivity (Wildman–Crippen MR) is 135 cm³/mol. The second-order valence-corrected chi connectivity index (χ2v) is 8.62. The number of nitrogens with one attached hydrogen (secondary N) is 1. The maximum absolute atomic E-state index is 10.4. The molecule has 0 bridgehead atoms. The number of para-hydroxylation sites is 1. The van der Waals surface area contributed by atoms with Gasteiger partial charge < -0.3 is 24.6 Å². The van der Waals surface area contributed by atoms with Gasteiger partial charge >= 0.3 is 0 Å². The van der Waals surface area contributed by atoms with E-state index in [0.717, 1.165) is 29.8 Å². The van der Waals surface area contributed by atoms with Gasteiger partial charge in [-0.25, -0.2) is 0 Å². The van der Waals surface area contributed by atoms with Crippen LogP contribution in [0.5, 0.6) is 5.75 Å². The number of benzene rings is 2. The van der Waals surface area contributed by atoms with E-state index in [1.54, 1.807) is 0 Å². The summed E-state index contributed by atoms with van der Waals surface area (Å²) < 4.78 is 11.1. The molecule has 0 aliphatic heterocycles. The maximum Gasteiger partial charge on any atom is 0.159 e. The largest absolute Gasteiger partial charge is 0.490 e. The lowest BCUT2D eigenvalue weighted by Gasteiger charge is -2.18.